The van der Waals surface area contributed by atoms with Crippen molar-refractivity contribution in [3.05, 3.63) is 71.0 Å². The van der Waals surface area contributed by atoms with Crippen LogP contribution in [-0.4, -0.2) is 47.0 Å². The molecule has 0 aromatic heterocycles. The summed E-state index contributed by atoms with van der Waals surface area (Å²) in [5.41, 5.74) is 13.8. The van der Waals surface area contributed by atoms with Crippen LogP contribution in [0.25, 0.3) is 0 Å². The Morgan fingerprint density at radius 2 is 1.73 bits per heavy atom. The number of nitrogens with zero attached hydrogens (tertiary/aromatic N) is 2. The first kappa shape index (κ1) is 30.9. The third kappa shape index (κ3) is 8.21. The van der Waals surface area contributed by atoms with Crippen LogP contribution < -0.4 is 16.8 Å². The monoisotopic (exact) mass is 550 g/mol. The molecule has 1 aliphatic rings. The number of amidine groups is 1. The van der Waals surface area contributed by atoms with Gasteiger partial charge >= 0.3 is 0 Å². The SMILES string of the molecule is C/C(=N\C1(N(C=O)C(CCC(C)(C)C)c2ccc(C(=O)NCC(=N)N)cc2)CCC(N)CC1)c1ccc(F)cc1. The van der Waals surface area contributed by atoms with E-state index in [0.717, 1.165) is 42.5 Å². The number of rotatable bonds is 11. The molecule has 3 rings (SSSR count). The highest BCUT2D eigenvalue weighted by Gasteiger charge is 2.43. The number of aliphatic imine (C=N–C) groups is 1. The average Bonchev–Trinajstić information content (AvgIpc) is 2.91. The molecule has 9 heteroatoms. The summed E-state index contributed by atoms with van der Waals surface area (Å²) in [4.78, 5) is 32.5. The van der Waals surface area contributed by atoms with E-state index in [1.165, 1.54) is 12.1 Å². The molecule has 0 heterocycles. The predicted molar refractivity (Wildman–Crippen MR) is 158 cm³/mol. The minimum atomic E-state index is -0.809. The van der Waals surface area contributed by atoms with E-state index >= 15 is 0 Å². The zero-order valence-corrected chi connectivity index (χ0v) is 24.0. The fraction of sp³-hybridized carbons (Fsp3) is 0.484. The fourth-order valence-electron chi connectivity index (χ4n) is 5.23. The molecular formula is C31H43FN6O2. The summed E-state index contributed by atoms with van der Waals surface area (Å²) in [5, 5.41) is 9.96. The van der Waals surface area contributed by atoms with Gasteiger partial charge < -0.3 is 21.7 Å². The van der Waals surface area contributed by atoms with Crippen LogP contribution in [0, 0.1) is 16.6 Å². The Morgan fingerprint density at radius 1 is 1.15 bits per heavy atom. The van der Waals surface area contributed by atoms with Crippen LogP contribution in [0.3, 0.4) is 0 Å². The van der Waals surface area contributed by atoms with E-state index in [-0.39, 0.29) is 41.6 Å². The Labute approximate surface area is 236 Å². The zero-order valence-electron chi connectivity index (χ0n) is 24.0. The summed E-state index contributed by atoms with van der Waals surface area (Å²) in [6.45, 7) is 8.38. The van der Waals surface area contributed by atoms with Crippen molar-refractivity contribution < 1.29 is 14.0 Å². The number of carbonyl (C=O) groups is 2. The lowest BCUT2D eigenvalue weighted by Gasteiger charge is -2.47. The van der Waals surface area contributed by atoms with Gasteiger partial charge in [-0.3, -0.25) is 20.0 Å². The van der Waals surface area contributed by atoms with Gasteiger partial charge in [0.2, 0.25) is 6.41 Å². The molecule has 0 saturated heterocycles. The van der Waals surface area contributed by atoms with Crippen molar-refractivity contribution in [1.82, 2.24) is 10.2 Å². The highest BCUT2D eigenvalue weighted by Crippen LogP contribution is 2.42. The van der Waals surface area contributed by atoms with Crippen molar-refractivity contribution in [2.75, 3.05) is 6.54 Å². The van der Waals surface area contributed by atoms with E-state index in [1.54, 1.807) is 24.3 Å². The van der Waals surface area contributed by atoms with Crippen LogP contribution >= 0.6 is 0 Å². The number of nitrogens with two attached hydrogens (primary N) is 2. The molecule has 2 amide bonds. The summed E-state index contributed by atoms with van der Waals surface area (Å²) < 4.78 is 13.6. The van der Waals surface area contributed by atoms with Crippen molar-refractivity contribution in [3.8, 4) is 0 Å². The maximum atomic E-state index is 13.6. The molecule has 0 bridgehead atoms. The highest BCUT2D eigenvalue weighted by atomic mass is 19.1. The Morgan fingerprint density at radius 3 is 2.25 bits per heavy atom. The van der Waals surface area contributed by atoms with Crippen molar-refractivity contribution >= 4 is 23.9 Å². The van der Waals surface area contributed by atoms with Gasteiger partial charge in [-0.25, -0.2) is 4.39 Å². The van der Waals surface area contributed by atoms with Gasteiger partial charge in [0.15, 0.2) is 0 Å². The van der Waals surface area contributed by atoms with Crippen LogP contribution in [-0.2, 0) is 4.79 Å². The van der Waals surface area contributed by atoms with Gasteiger partial charge in [-0.15, -0.1) is 0 Å². The van der Waals surface area contributed by atoms with Crippen molar-refractivity contribution in [1.29, 1.82) is 5.41 Å². The number of halogens is 1. The molecule has 1 aliphatic carbocycles. The second-order valence-electron chi connectivity index (χ2n) is 12.0. The lowest BCUT2D eigenvalue weighted by atomic mass is 9.81. The molecule has 1 saturated carbocycles. The Hall–Kier alpha value is -3.59. The van der Waals surface area contributed by atoms with Gasteiger partial charge in [-0.05, 0) is 86.3 Å². The normalized spacial score (nSPS) is 20.4. The quantitative estimate of drug-likeness (QED) is 0.179. The van der Waals surface area contributed by atoms with E-state index in [2.05, 4.69) is 26.1 Å². The molecule has 2 aromatic carbocycles. The third-order valence-corrected chi connectivity index (χ3v) is 7.56. The number of carbonyl (C=O) groups excluding carboxylic acids is 2. The Kier molecular flexibility index (Phi) is 10.2. The minimum absolute atomic E-state index is 0.0240. The average molecular weight is 551 g/mol. The topological polar surface area (TPSA) is 138 Å². The summed E-state index contributed by atoms with van der Waals surface area (Å²) in [6.07, 6.45) is 5.15. The highest BCUT2D eigenvalue weighted by molar-refractivity contribution is 5.99. The smallest absolute Gasteiger partial charge is 0.251 e. The maximum absolute atomic E-state index is 13.6. The van der Waals surface area contributed by atoms with Gasteiger partial charge in [0, 0.05) is 17.3 Å². The van der Waals surface area contributed by atoms with Crippen molar-refractivity contribution in [2.24, 2.45) is 21.9 Å². The molecule has 6 N–H and O–H groups in total. The molecular weight excluding hydrogens is 507 g/mol. The standard InChI is InChI=1S/C31H43FN6O2/c1-21(22-9-11-25(32)12-10-22)37-31(17-13-26(33)14-18-31)38(20-39)27(15-16-30(2,3)4)23-5-7-24(8-6-23)29(40)36-19-28(34)35/h5-12,20,26-27H,13-19,33H2,1-4H3,(H3,34,35)(H,36,40)/b37-21+. The van der Waals surface area contributed by atoms with Crippen LogP contribution in [0.5, 0.6) is 0 Å². The van der Waals surface area contributed by atoms with Crippen molar-refractivity contribution in [2.45, 2.75) is 84.0 Å². The third-order valence-electron chi connectivity index (χ3n) is 7.56. The summed E-state index contributed by atoms with van der Waals surface area (Å²) in [7, 11) is 0. The zero-order chi connectivity index (χ0) is 29.5. The maximum Gasteiger partial charge on any atom is 0.251 e. The van der Waals surface area contributed by atoms with E-state index in [1.807, 2.05) is 24.0 Å². The molecule has 1 unspecified atom stereocenters. The van der Waals surface area contributed by atoms with Crippen LogP contribution in [0.4, 0.5) is 4.39 Å². The van der Waals surface area contributed by atoms with Crippen LogP contribution in [0.2, 0.25) is 0 Å². The Balaban J connectivity index is 2.04. The molecule has 40 heavy (non-hydrogen) atoms. The second kappa shape index (κ2) is 13.2. The number of nitrogens with one attached hydrogen (secondary N) is 2. The predicted octanol–water partition coefficient (Wildman–Crippen LogP) is 4.92. The van der Waals surface area contributed by atoms with Gasteiger partial charge in [-0.2, -0.15) is 0 Å². The first-order valence-electron chi connectivity index (χ1n) is 13.9. The second-order valence-corrected chi connectivity index (χ2v) is 12.0. The Bertz CT molecular complexity index is 1200. The fourth-order valence-corrected chi connectivity index (χ4v) is 5.23. The number of hydrogen-bond acceptors (Lipinski definition) is 5. The van der Waals surface area contributed by atoms with Gasteiger partial charge in [0.05, 0.1) is 12.6 Å². The van der Waals surface area contributed by atoms with E-state index in [4.69, 9.17) is 21.9 Å². The first-order chi connectivity index (χ1) is 18.8. The number of hydrogen-bond donors (Lipinski definition) is 4. The van der Waals surface area contributed by atoms with Crippen LogP contribution in [0.15, 0.2) is 53.5 Å². The summed E-state index contributed by atoms with van der Waals surface area (Å²) in [5.74, 6) is -0.759. The lowest BCUT2D eigenvalue weighted by molar-refractivity contribution is -0.129. The number of amides is 2. The first-order valence-corrected chi connectivity index (χ1v) is 13.9. The largest absolute Gasteiger partial charge is 0.386 e. The number of benzene rings is 2. The van der Waals surface area contributed by atoms with Gasteiger partial charge in [-0.1, -0.05) is 45.0 Å². The molecule has 1 fully saturated rings. The van der Waals surface area contributed by atoms with Crippen LogP contribution in [0.1, 0.15) is 93.7 Å². The molecule has 1 atom stereocenters. The van der Waals surface area contributed by atoms with E-state index < -0.39 is 5.66 Å². The minimum Gasteiger partial charge on any atom is -0.386 e. The molecule has 0 spiro atoms. The van der Waals surface area contributed by atoms with Gasteiger partial charge in [0.1, 0.15) is 17.3 Å². The molecule has 216 valence electrons. The summed E-state index contributed by atoms with van der Waals surface area (Å²) >= 11 is 0. The van der Waals surface area contributed by atoms with E-state index in [9.17, 15) is 14.0 Å². The molecule has 0 radical (unpaired) electrons. The van der Waals surface area contributed by atoms with E-state index in [0.29, 0.717) is 24.8 Å². The van der Waals surface area contributed by atoms with Gasteiger partial charge in [0.25, 0.3) is 5.91 Å². The summed E-state index contributed by atoms with van der Waals surface area (Å²) in [6, 6.07) is 13.2. The van der Waals surface area contributed by atoms with Crippen molar-refractivity contribution in [3.63, 3.8) is 0 Å². The lowest BCUT2D eigenvalue weighted by Crippen LogP contribution is -2.52. The molecule has 0 aliphatic heterocycles. The molecule has 8 nitrogen and oxygen atoms in total. The molecule has 2 aromatic rings.